The number of allylic oxidation sites excluding steroid dienone is 2. The Hall–Kier alpha value is 0.129. The quantitative estimate of drug-likeness (QED) is 0.486. The molecule has 0 aliphatic carbocycles. The van der Waals surface area contributed by atoms with Crippen LogP contribution < -0.4 is 0 Å². The Morgan fingerprint density at radius 1 is 1.67 bits per heavy atom. The molecule has 1 heteroatoms. The maximum absolute atomic E-state index is 3.51. The monoisotopic (exact) mass is 124 g/mol. The average molecular weight is 124 g/mol. The molecule has 6 heavy (non-hydrogen) atoms. The third-order valence-electron chi connectivity index (χ3n) is 0.440. The summed E-state index contributed by atoms with van der Waals surface area (Å²) in [5.74, 6) is 0. The molecular weight excluding hydrogens is 116 g/mol. The molecule has 0 unspecified atom stereocenters. The van der Waals surface area contributed by atoms with E-state index in [-0.39, 0.29) is 0 Å². The Kier molecular flexibility index (Phi) is 5.24. The van der Waals surface area contributed by atoms with Crippen molar-refractivity contribution in [2.45, 2.75) is 13.3 Å². The van der Waals surface area contributed by atoms with Gasteiger partial charge in [0.05, 0.1) is 0 Å². The molecule has 0 aromatic heterocycles. The first-order chi connectivity index (χ1) is 2.91. The van der Waals surface area contributed by atoms with Crippen molar-refractivity contribution in [3.63, 3.8) is 0 Å². The molecule has 0 aliphatic rings. The molecule has 36 valence electrons. The zero-order valence-electron chi connectivity index (χ0n) is 3.79. The molecule has 0 spiro atoms. The molecule has 0 nitrogen and oxygen atoms in total. The second kappa shape index (κ2) is 5.13. The van der Waals surface area contributed by atoms with Gasteiger partial charge >= 0.3 is 46.0 Å². The predicted molar refractivity (Wildman–Crippen MR) is 25.5 cm³/mol. The Balaban J connectivity index is 2.94. The van der Waals surface area contributed by atoms with Crippen molar-refractivity contribution < 1.29 is 15.6 Å². The molecule has 0 atom stereocenters. The summed E-state index contributed by atoms with van der Waals surface area (Å²) in [7, 11) is 0. The molecular formula is C5H8Fe. The average Bonchev–Trinajstić information content (AvgIpc) is 1.61. The first-order valence-corrected chi connectivity index (χ1v) is 2.62. The van der Waals surface area contributed by atoms with Crippen LogP contribution in [0.25, 0.3) is 0 Å². The fourth-order valence-corrected chi connectivity index (χ4v) is 0.334. The molecule has 0 rings (SSSR count). The van der Waals surface area contributed by atoms with Crippen LogP contribution in [-0.4, -0.2) is 4.92 Å². The first-order valence-electron chi connectivity index (χ1n) is 1.99. The van der Waals surface area contributed by atoms with Crippen molar-refractivity contribution in [2.24, 2.45) is 0 Å². The summed E-state index contributed by atoms with van der Waals surface area (Å²) in [6, 6.07) is 0. The number of hydrogen-bond donors (Lipinski definition) is 0. The van der Waals surface area contributed by atoms with Crippen LogP contribution in [0.2, 0.25) is 0 Å². The van der Waals surface area contributed by atoms with Gasteiger partial charge in [0.15, 0.2) is 0 Å². The van der Waals surface area contributed by atoms with E-state index in [1.54, 1.807) is 4.92 Å². The second-order valence-electron chi connectivity index (χ2n) is 0.954. The van der Waals surface area contributed by atoms with Crippen molar-refractivity contribution in [1.82, 2.24) is 0 Å². The summed E-state index contributed by atoms with van der Waals surface area (Å²) in [4.78, 5) is 1.78. The molecule has 0 bridgehead atoms. The van der Waals surface area contributed by atoms with Crippen LogP contribution in [0.1, 0.15) is 13.3 Å². The predicted octanol–water partition coefficient (Wildman–Crippen LogP) is 1.30. The Bertz CT molecular complexity index is 55.0. The SMILES string of the molecule is CC/C=C\[CH]=[Fe]. The van der Waals surface area contributed by atoms with Gasteiger partial charge in [-0.15, -0.1) is 0 Å². The summed E-state index contributed by atoms with van der Waals surface area (Å²) in [6.45, 7) is 2.10. The van der Waals surface area contributed by atoms with Crippen LogP contribution >= 0.6 is 0 Å². The molecule has 0 aromatic carbocycles. The van der Waals surface area contributed by atoms with Crippen LogP contribution in [0.4, 0.5) is 0 Å². The molecule has 0 N–H and O–H groups in total. The number of rotatable bonds is 2. The van der Waals surface area contributed by atoms with E-state index in [2.05, 4.69) is 28.6 Å². The van der Waals surface area contributed by atoms with Gasteiger partial charge in [-0.05, 0) is 0 Å². The molecule has 0 aliphatic heterocycles. The van der Waals surface area contributed by atoms with Crippen molar-refractivity contribution in [3.8, 4) is 0 Å². The third-order valence-corrected chi connectivity index (χ3v) is 0.652. The molecule has 0 radical (unpaired) electrons. The zero-order chi connectivity index (χ0) is 4.83. The standard InChI is InChI=1S/C5H8.Fe/c1-3-5-4-2;/h1,3,5H,4H2,2H3;/b5-3-;. The van der Waals surface area contributed by atoms with E-state index in [0.717, 1.165) is 6.42 Å². The summed E-state index contributed by atoms with van der Waals surface area (Å²) < 4.78 is 0. The first kappa shape index (κ1) is 6.13. The van der Waals surface area contributed by atoms with Gasteiger partial charge in [0.25, 0.3) is 0 Å². The molecule has 0 amide bonds. The molecule has 0 fully saturated rings. The Morgan fingerprint density at radius 3 is 2.50 bits per heavy atom. The van der Waals surface area contributed by atoms with Gasteiger partial charge in [-0.1, -0.05) is 0 Å². The van der Waals surface area contributed by atoms with Crippen molar-refractivity contribution >= 4 is 4.92 Å². The minimum atomic E-state index is 1.10. The van der Waals surface area contributed by atoms with Gasteiger partial charge < -0.3 is 0 Å². The van der Waals surface area contributed by atoms with Crippen LogP contribution in [0.5, 0.6) is 0 Å². The summed E-state index contributed by atoms with van der Waals surface area (Å²) in [6.07, 6.45) is 5.11. The minimum absolute atomic E-state index is 1.10. The normalized spacial score (nSPS) is 9.67. The summed E-state index contributed by atoms with van der Waals surface area (Å²) >= 11 is 3.51. The van der Waals surface area contributed by atoms with E-state index in [0.29, 0.717) is 0 Å². The van der Waals surface area contributed by atoms with Crippen LogP contribution in [0.3, 0.4) is 0 Å². The summed E-state index contributed by atoms with van der Waals surface area (Å²) in [5.41, 5.74) is 0. The molecule has 0 heterocycles. The van der Waals surface area contributed by atoms with Gasteiger partial charge in [-0.25, -0.2) is 0 Å². The molecule has 0 saturated carbocycles. The summed E-state index contributed by atoms with van der Waals surface area (Å²) in [5, 5.41) is 0. The Labute approximate surface area is 46.6 Å². The topological polar surface area (TPSA) is 0 Å². The van der Waals surface area contributed by atoms with Crippen molar-refractivity contribution in [1.29, 1.82) is 0 Å². The van der Waals surface area contributed by atoms with Gasteiger partial charge in [-0.3, -0.25) is 0 Å². The van der Waals surface area contributed by atoms with Crippen LogP contribution in [-0.2, 0) is 15.6 Å². The fourth-order valence-electron chi connectivity index (χ4n) is 0.184. The van der Waals surface area contributed by atoms with E-state index >= 15 is 0 Å². The van der Waals surface area contributed by atoms with E-state index in [9.17, 15) is 0 Å². The van der Waals surface area contributed by atoms with Crippen molar-refractivity contribution in [2.75, 3.05) is 0 Å². The van der Waals surface area contributed by atoms with Gasteiger partial charge in [0.1, 0.15) is 0 Å². The van der Waals surface area contributed by atoms with Crippen molar-refractivity contribution in [3.05, 3.63) is 12.2 Å². The van der Waals surface area contributed by atoms with E-state index in [1.807, 2.05) is 6.08 Å². The third kappa shape index (κ3) is 4.13. The fraction of sp³-hybridized carbons (Fsp3) is 0.400. The molecule has 0 saturated heterocycles. The molecule has 0 aromatic rings. The van der Waals surface area contributed by atoms with Gasteiger partial charge in [-0.2, -0.15) is 0 Å². The van der Waals surface area contributed by atoms with E-state index < -0.39 is 0 Å². The zero-order valence-corrected chi connectivity index (χ0v) is 4.90. The second-order valence-corrected chi connectivity index (χ2v) is 1.32. The van der Waals surface area contributed by atoms with Crippen LogP contribution in [0.15, 0.2) is 12.2 Å². The van der Waals surface area contributed by atoms with E-state index in [4.69, 9.17) is 0 Å². The maximum atomic E-state index is 3.51. The number of hydrogen-bond acceptors (Lipinski definition) is 0. The van der Waals surface area contributed by atoms with Gasteiger partial charge in [0.2, 0.25) is 0 Å². The van der Waals surface area contributed by atoms with E-state index in [1.165, 1.54) is 0 Å². The van der Waals surface area contributed by atoms with Crippen LogP contribution in [0, 0.1) is 0 Å². The van der Waals surface area contributed by atoms with Gasteiger partial charge in [0, 0.05) is 0 Å². The Morgan fingerprint density at radius 2 is 2.33 bits per heavy atom.